The zero-order chi connectivity index (χ0) is 20.6. The molecule has 1 aromatic heterocycles. The van der Waals surface area contributed by atoms with Crippen molar-refractivity contribution in [1.82, 2.24) is 14.9 Å². The third-order valence-corrected chi connectivity index (χ3v) is 6.11. The van der Waals surface area contributed by atoms with E-state index in [4.69, 9.17) is 4.98 Å². The molecule has 156 valence electrons. The van der Waals surface area contributed by atoms with Crippen molar-refractivity contribution >= 4 is 34.5 Å². The Hall–Kier alpha value is -2.35. The zero-order valence-corrected chi connectivity index (χ0v) is 17.5. The molecule has 0 radical (unpaired) electrons. The predicted molar refractivity (Wildman–Crippen MR) is 113 cm³/mol. The second-order valence-electron chi connectivity index (χ2n) is 7.20. The molecule has 1 aromatic carbocycles. The molecule has 1 aliphatic carbocycles. The molecule has 7 nitrogen and oxygen atoms in total. The molecule has 2 aromatic rings. The smallest absolute Gasteiger partial charge is 0.305 e. The number of benzene rings is 1. The molecule has 1 N–H and O–H groups in total. The molecule has 1 heterocycles. The maximum Gasteiger partial charge on any atom is 0.305 e. The van der Waals surface area contributed by atoms with Crippen LogP contribution in [-0.2, 0) is 14.3 Å². The summed E-state index contributed by atoms with van der Waals surface area (Å²) in [6, 6.07) is 7.50. The van der Waals surface area contributed by atoms with E-state index in [0.717, 1.165) is 25.7 Å². The Morgan fingerprint density at radius 2 is 2.00 bits per heavy atom. The quantitative estimate of drug-likeness (QED) is 0.307. The van der Waals surface area contributed by atoms with Gasteiger partial charge >= 0.3 is 5.97 Å². The average Bonchev–Trinajstić information content (AvgIpc) is 2.75. The van der Waals surface area contributed by atoms with Gasteiger partial charge in [-0.05, 0) is 31.4 Å². The standard InChI is InChI=1S/C21H27N3O4S/c1-28-19(26)12-7-13-22-18(25)14-29-21-23-17-11-6-5-10-16(17)20(27)24(21)15-8-3-2-4-9-15/h5-6,10-11,15H,2-4,7-9,12-14H2,1H3,(H,22,25). The molecule has 1 fully saturated rings. The van der Waals surface area contributed by atoms with Crippen molar-refractivity contribution in [2.24, 2.45) is 0 Å². The van der Waals surface area contributed by atoms with Crippen LogP contribution < -0.4 is 10.9 Å². The molecule has 3 rings (SSSR count). The summed E-state index contributed by atoms with van der Waals surface area (Å²) >= 11 is 1.29. The van der Waals surface area contributed by atoms with Gasteiger partial charge in [0.2, 0.25) is 5.91 Å². The van der Waals surface area contributed by atoms with E-state index < -0.39 is 0 Å². The van der Waals surface area contributed by atoms with Crippen molar-refractivity contribution in [3.8, 4) is 0 Å². The van der Waals surface area contributed by atoms with Gasteiger partial charge < -0.3 is 10.1 Å². The minimum absolute atomic E-state index is 0.0245. The van der Waals surface area contributed by atoms with Gasteiger partial charge in [-0.15, -0.1) is 0 Å². The first kappa shape index (κ1) is 21.4. The highest BCUT2D eigenvalue weighted by atomic mass is 32.2. The molecule has 0 bridgehead atoms. The van der Waals surface area contributed by atoms with Crippen LogP contribution in [0.3, 0.4) is 0 Å². The van der Waals surface area contributed by atoms with Crippen LogP contribution in [0.15, 0.2) is 34.2 Å². The summed E-state index contributed by atoms with van der Waals surface area (Å²) in [7, 11) is 1.35. The number of nitrogens with one attached hydrogen (secondary N) is 1. The fraction of sp³-hybridized carbons (Fsp3) is 0.524. The number of carbonyl (C=O) groups is 2. The third kappa shape index (κ3) is 5.59. The molecule has 8 heteroatoms. The first-order chi connectivity index (χ1) is 14.1. The van der Waals surface area contributed by atoms with Crippen molar-refractivity contribution in [3.05, 3.63) is 34.6 Å². The summed E-state index contributed by atoms with van der Waals surface area (Å²) in [5.41, 5.74) is 0.633. The number of para-hydroxylation sites is 1. The van der Waals surface area contributed by atoms with E-state index in [1.165, 1.54) is 25.3 Å². The summed E-state index contributed by atoms with van der Waals surface area (Å²) < 4.78 is 6.39. The molecule has 1 saturated carbocycles. The number of rotatable bonds is 8. The van der Waals surface area contributed by atoms with Crippen LogP contribution >= 0.6 is 11.8 Å². The van der Waals surface area contributed by atoms with Crippen LogP contribution in [0.5, 0.6) is 0 Å². The summed E-state index contributed by atoms with van der Waals surface area (Å²) in [6.45, 7) is 0.412. The number of nitrogens with zero attached hydrogens (tertiary/aromatic N) is 2. The third-order valence-electron chi connectivity index (χ3n) is 5.16. The molecule has 0 spiro atoms. The van der Waals surface area contributed by atoms with Gasteiger partial charge in [-0.25, -0.2) is 4.98 Å². The number of esters is 1. The van der Waals surface area contributed by atoms with E-state index >= 15 is 0 Å². The van der Waals surface area contributed by atoms with Crippen molar-refractivity contribution in [2.45, 2.75) is 56.1 Å². The Balaban J connectivity index is 1.71. The fourth-order valence-electron chi connectivity index (χ4n) is 3.63. The van der Waals surface area contributed by atoms with Gasteiger partial charge in [0.05, 0.1) is 23.8 Å². The van der Waals surface area contributed by atoms with Crippen LogP contribution in [0.1, 0.15) is 51.0 Å². The minimum atomic E-state index is -0.287. The van der Waals surface area contributed by atoms with E-state index in [1.807, 2.05) is 24.3 Å². The van der Waals surface area contributed by atoms with E-state index in [0.29, 0.717) is 29.0 Å². The van der Waals surface area contributed by atoms with Gasteiger partial charge in [0.25, 0.3) is 5.56 Å². The SMILES string of the molecule is COC(=O)CCCNC(=O)CSc1nc2ccccc2c(=O)n1C1CCCCC1. The number of methoxy groups -OCH3 is 1. The molecule has 1 aliphatic rings. The Labute approximate surface area is 174 Å². The first-order valence-corrected chi connectivity index (χ1v) is 11.1. The second-order valence-corrected chi connectivity index (χ2v) is 8.14. The highest BCUT2D eigenvalue weighted by Gasteiger charge is 2.22. The van der Waals surface area contributed by atoms with Crippen molar-refractivity contribution in [1.29, 1.82) is 0 Å². The number of carbonyl (C=O) groups excluding carboxylic acids is 2. The van der Waals surface area contributed by atoms with Gasteiger partial charge in [0.1, 0.15) is 0 Å². The average molecular weight is 418 g/mol. The highest BCUT2D eigenvalue weighted by molar-refractivity contribution is 7.99. The van der Waals surface area contributed by atoms with Crippen molar-refractivity contribution in [3.63, 3.8) is 0 Å². The molecule has 0 unspecified atom stereocenters. The van der Waals surface area contributed by atoms with Gasteiger partial charge in [-0.3, -0.25) is 19.0 Å². The van der Waals surface area contributed by atoms with Gasteiger partial charge in [-0.1, -0.05) is 43.2 Å². The minimum Gasteiger partial charge on any atom is -0.469 e. The normalized spacial score (nSPS) is 14.7. The number of amides is 1. The number of hydrogen-bond donors (Lipinski definition) is 1. The van der Waals surface area contributed by atoms with Gasteiger partial charge in [-0.2, -0.15) is 0 Å². The lowest BCUT2D eigenvalue weighted by molar-refractivity contribution is -0.140. The van der Waals surface area contributed by atoms with Gasteiger partial charge in [0, 0.05) is 19.0 Å². The second kappa shape index (κ2) is 10.4. The van der Waals surface area contributed by atoms with E-state index in [-0.39, 0.29) is 35.7 Å². The van der Waals surface area contributed by atoms with E-state index in [1.54, 1.807) is 4.57 Å². The zero-order valence-electron chi connectivity index (χ0n) is 16.7. The number of thioether (sulfide) groups is 1. The first-order valence-electron chi connectivity index (χ1n) is 10.1. The fourth-order valence-corrected chi connectivity index (χ4v) is 4.53. The summed E-state index contributed by atoms with van der Waals surface area (Å²) in [5.74, 6) is -0.252. The number of aromatic nitrogens is 2. The Kier molecular flexibility index (Phi) is 7.69. The summed E-state index contributed by atoms with van der Waals surface area (Å²) in [5, 5.41) is 4.02. The van der Waals surface area contributed by atoms with Gasteiger partial charge in [0.15, 0.2) is 5.16 Å². The highest BCUT2D eigenvalue weighted by Crippen LogP contribution is 2.30. The molecular weight excluding hydrogens is 390 g/mol. The Bertz CT molecular complexity index is 922. The largest absolute Gasteiger partial charge is 0.469 e. The lowest BCUT2D eigenvalue weighted by Crippen LogP contribution is -2.30. The van der Waals surface area contributed by atoms with Crippen LogP contribution in [0.4, 0.5) is 0 Å². The Morgan fingerprint density at radius 1 is 1.24 bits per heavy atom. The lowest BCUT2D eigenvalue weighted by atomic mass is 9.95. The van der Waals surface area contributed by atoms with Crippen molar-refractivity contribution < 1.29 is 14.3 Å². The number of ether oxygens (including phenoxy) is 1. The lowest BCUT2D eigenvalue weighted by Gasteiger charge is -2.26. The summed E-state index contributed by atoms with van der Waals surface area (Å²) in [6.07, 6.45) is 6.15. The maximum absolute atomic E-state index is 13.2. The van der Waals surface area contributed by atoms with Crippen LogP contribution in [0, 0.1) is 0 Å². The Morgan fingerprint density at radius 3 is 2.76 bits per heavy atom. The monoisotopic (exact) mass is 417 g/mol. The van der Waals surface area contributed by atoms with Crippen LogP contribution in [-0.4, -0.2) is 40.8 Å². The van der Waals surface area contributed by atoms with Crippen LogP contribution in [0.2, 0.25) is 0 Å². The molecule has 0 saturated heterocycles. The molecule has 29 heavy (non-hydrogen) atoms. The number of hydrogen-bond acceptors (Lipinski definition) is 6. The summed E-state index contributed by atoms with van der Waals surface area (Å²) in [4.78, 5) is 41.2. The van der Waals surface area contributed by atoms with Crippen LogP contribution in [0.25, 0.3) is 10.9 Å². The number of fused-ring (bicyclic) bond motifs is 1. The molecular formula is C21H27N3O4S. The maximum atomic E-state index is 13.2. The predicted octanol–water partition coefficient (Wildman–Crippen LogP) is 3.06. The van der Waals surface area contributed by atoms with E-state index in [9.17, 15) is 14.4 Å². The van der Waals surface area contributed by atoms with E-state index in [2.05, 4.69) is 10.1 Å². The molecule has 0 aliphatic heterocycles. The molecule has 0 atom stereocenters. The molecule has 1 amide bonds. The van der Waals surface area contributed by atoms with Crippen molar-refractivity contribution in [2.75, 3.05) is 19.4 Å². The topological polar surface area (TPSA) is 90.3 Å².